The van der Waals surface area contributed by atoms with E-state index < -0.39 is 0 Å². The van der Waals surface area contributed by atoms with Gasteiger partial charge in [-0.25, -0.2) is 0 Å². The van der Waals surface area contributed by atoms with E-state index in [1.54, 1.807) is 0 Å². The minimum atomic E-state index is -0.331. The quantitative estimate of drug-likeness (QED) is 0.817. The summed E-state index contributed by atoms with van der Waals surface area (Å²) in [6.45, 7) is 2.01. The standard InChI is InChI=1S/C13H19NO/c1-3-13(15)11-6-4-5-7-12(11)14(2)10-8-9-10/h4-7,10,13,15H,3,8-9H2,1-2H3/t13-/m1/s1. The number of hydrogen-bond donors (Lipinski definition) is 1. The van der Waals surface area contributed by atoms with E-state index in [4.69, 9.17) is 0 Å². The molecule has 0 spiro atoms. The molecule has 1 aliphatic carbocycles. The van der Waals surface area contributed by atoms with Crippen molar-refractivity contribution in [2.24, 2.45) is 0 Å². The van der Waals surface area contributed by atoms with Crippen LogP contribution in [0.15, 0.2) is 24.3 Å². The number of nitrogens with zero attached hydrogens (tertiary/aromatic N) is 1. The zero-order valence-electron chi connectivity index (χ0n) is 9.48. The predicted octanol–water partition coefficient (Wildman–Crippen LogP) is 2.73. The summed E-state index contributed by atoms with van der Waals surface area (Å²) in [4.78, 5) is 2.30. The first-order valence-corrected chi connectivity index (χ1v) is 5.74. The minimum absolute atomic E-state index is 0.331. The molecule has 1 atom stereocenters. The monoisotopic (exact) mass is 205 g/mol. The molecule has 2 rings (SSSR count). The van der Waals surface area contributed by atoms with Crippen molar-refractivity contribution in [3.05, 3.63) is 29.8 Å². The van der Waals surface area contributed by atoms with E-state index in [0.29, 0.717) is 6.04 Å². The highest BCUT2D eigenvalue weighted by Gasteiger charge is 2.28. The largest absolute Gasteiger partial charge is 0.388 e. The van der Waals surface area contributed by atoms with E-state index in [9.17, 15) is 5.11 Å². The van der Waals surface area contributed by atoms with Crippen molar-refractivity contribution < 1.29 is 5.11 Å². The lowest BCUT2D eigenvalue weighted by atomic mass is 10.0. The first-order valence-electron chi connectivity index (χ1n) is 5.74. The Bertz CT molecular complexity index is 333. The molecule has 0 aromatic heterocycles. The van der Waals surface area contributed by atoms with Gasteiger partial charge in [-0.15, -0.1) is 0 Å². The van der Waals surface area contributed by atoms with Crippen LogP contribution >= 0.6 is 0 Å². The molecule has 1 aromatic carbocycles. The molecule has 82 valence electrons. The Morgan fingerprint density at radius 1 is 1.40 bits per heavy atom. The van der Waals surface area contributed by atoms with Gasteiger partial charge < -0.3 is 10.0 Å². The van der Waals surface area contributed by atoms with Gasteiger partial charge in [0.1, 0.15) is 0 Å². The molecule has 0 bridgehead atoms. The van der Waals surface area contributed by atoms with E-state index in [1.807, 2.05) is 25.1 Å². The summed E-state index contributed by atoms with van der Waals surface area (Å²) in [5.74, 6) is 0. The highest BCUT2D eigenvalue weighted by Crippen LogP contribution is 2.34. The van der Waals surface area contributed by atoms with Crippen LogP contribution < -0.4 is 4.90 Å². The Morgan fingerprint density at radius 3 is 2.67 bits per heavy atom. The molecule has 2 nitrogen and oxygen atoms in total. The number of benzene rings is 1. The molecule has 0 heterocycles. The van der Waals surface area contributed by atoms with E-state index in [1.165, 1.54) is 18.5 Å². The van der Waals surface area contributed by atoms with Crippen molar-refractivity contribution in [2.75, 3.05) is 11.9 Å². The van der Waals surface area contributed by atoms with Crippen LogP contribution in [0.2, 0.25) is 0 Å². The zero-order valence-corrected chi connectivity index (χ0v) is 9.48. The maximum atomic E-state index is 9.93. The molecule has 0 unspecified atom stereocenters. The Hall–Kier alpha value is -1.02. The maximum Gasteiger partial charge on any atom is 0.0807 e. The van der Waals surface area contributed by atoms with E-state index >= 15 is 0 Å². The second-order valence-corrected chi connectivity index (χ2v) is 4.32. The molecule has 1 fully saturated rings. The van der Waals surface area contributed by atoms with Crippen LogP contribution in [0, 0.1) is 0 Å². The molecular weight excluding hydrogens is 186 g/mol. The molecule has 2 heteroatoms. The Kier molecular flexibility index (Phi) is 2.96. The van der Waals surface area contributed by atoms with Gasteiger partial charge in [0, 0.05) is 24.3 Å². The highest BCUT2D eigenvalue weighted by atomic mass is 16.3. The van der Waals surface area contributed by atoms with Gasteiger partial charge in [0.2, 0.25) is 0 Å². The first-order chi connectivity index (χ1) is 7.24. The van der Waals surface area contributed by atoms with E-state index in [-0.39, 0.29) is 6.10 Å². The van der Waals surface area contributed by atoms with Gasteiger partial charge >= 0.3 is 0 Å². The fraction of sp³-hybridized carbons (Fsp3) is 0.538. The van der Waals surface area contributed by atoms with Crippen molar-refractivity contribution in [1.29, 1.82) is 0 Å². The fourth-order valence-corrected chi connectivity index (χ4v) is 1.97. The Morgan fingerprint density at radius 2 is 2.07 bits per heavy atom. The number of anilines is 1. The normalized spacial score (nSPS) is 17.5. The molecule has 0 amide bonds. The van der Waals surface area contributed by atoms with Crippen LogP contribution in [-0.2, 0) is 0 Å². The Labute approximate surface area is 91.5 Å². The van der Waals surface area contributed by atoms with Gasteiger partial charge in [-0.3, -0.25) is 0 Å². The van der Waals surface area contributed by atoms with Crippen LogP contribution in [0.4, 0.5) is 5.69 Å². The molecule has 1 aromatic rings. The number of para-hydroxylation sites is 1. The van der Waals surface area contributed by atoms with Crippen LogP contribution in [0.1, 0.15) is 37.9 Å². The van der Waals surface area contributed by atoms with Crippen molar-refractivity contribution in [3.8, 4) is 0 Å². The molecule has 1 saturated carbocycles. The van der Waals surface area contributed by atoms with E-state index in [2.05, 4.69) is 18.0 Å². The molecule has 0 aliphatic heterocycles. The summed E-state index contributed by atoms with van der Waals surface area (Å²) in [7, 11) is 2.12. The number of aliphatic hydroxyl groups is 1. The molecule has 1 N–H and O–H groups in total. The van der Waals surface area contributed by atoms with Crippen molar-refractivity contribution in [1.82, 2.24) is 0 Å². The summed E-state index contributed by atoms with van der Waals surface area (Å²) in [6, 6.07) is 8.86. The second-order valence-electron chi connectivity index (χ2n) is 4.32. The first kappa shape index (κ1) is 10.5. The topological polar surface area (TPSA) is 23.5 Å². The lowest BCUT2D eigenvalue weighted by Gasteiger charge is -2.24. The zero-order chi connectivity index (χ0) is 10.8. The van der Waals surface area contributed by atoms with Crippen LogP contribution in [0.25, 0.3) is 0 Å². The second kappa shape index (κ2) is 4.23. The fourth-order valence-electron chi connectivity index (χ4n) is 1.97. The minimum Gasteiger partial charge on any atom is -0.388 e. The summed E-state index contributed by atoms with van der Waals surface area (Å²) < 4.78 is 0. The van der Waals surface area contributed by atoms with Crippen LogP contribution in [0.5, 0.6) is 0 Å². The van der Waals surface area contributed by atoms with E-state index in [0.717, 1.165) is 12.0 Å². The summed E-state index contributed by atoms with van der Waals surface area (Å²) in [5, 5.41) is 9.93. The average Bonchev–Trinajstić information content (AvgIpc) is 3.11. The summed E-state index contributed by atoms with van der Waals surface area (Å²) in [5.41, 5.74) is 2.25. The van der Waals surface area contributed by atoms with Gasteiger partial charge in [-0.05, 0) is 25.3 Å². The van der Waals surface area contributed by atoms with Crippen LogP contribution in [-0.4, -0.2) is 18.2 Å². The lowest BCUT2D eigenvalue weighted by Crippen LogP contribution is -2.21. The molecule has 0 saturated heterocycles. The highest BCUT2D eigenvalue weighted by molar-refractivity contribution is 5.55. The molecule has 15 heavy (non-hydrogen) atoms. The average molecular weight is 205 g/mol. The number of aliphatic hydroxyl groups excluding tert-OH is 1. The third kappa shape index (κ3) is 2.15. The van der Waals surface area contributed by atoms with Crippen molar-refractivity contribution >= 4 is 5.69 Å². The molecule has 1 aliphatic rings. The summed E-state index contributed by atoms with van der Waals surface area (Å²) in [6.07, 6.45) is 3.01. The molecule has 0 radical (unpaired) electrons. The van der Waals surface area contributed by atoms with Gasteiger partial charge in [-0.1, -0.05) is 25.1 Å². The predicted molar refractivity (Wildman–Crippen MR) is 63.1 cm³/mol. The number of rotatable bonds is 4. The van der Waals surface area contributed by atoms with Crippen molar-refractivity contribution in [3.63, 3.8) is 0 Å². The SMILES string of the molecule is CC[C@@H](O)c1ccccc1N(C)C1CC1. The van der Waals surface area contributed by atoms with Gasteiger partial charge in [0.05, 0.1) is 6.10 Å². The van der Waals surface area contributed by atoms with Crippen LogP contribution in [0.3, 0.4) is 0 Å². The van der Waals surface area contributed by atoms with Gasteiger partial charge in [0.15, 0.2) is 0 Å². The number of hydrogen-bond acceptors (Lipinski definition) is 2. The lowest BCUT2D eigenvalue weighted by molar-refractivity contribution is 0.174. The summed E-state index contributed by atoms with van der Waals surface area (Å²) >= 11 is 0. The smallest absolute Gasteiger partial charge is 0.0807 e. The van der Waals surface area contributed by atoms with Crippen molar-refractivity contribution in [2.45, 2.75) is 38.3 Å². The third-order valence-corrected chi connectivity index (χ3v) is 3.16. The van der Waals surface area contributed by atoms with Gasteiger partial charge in [0.25, 0.3) is 0 Å². The maximum absolute atomic E-state index is 9.93. The molecular formula is C13H19NO. The van der Waals surface area contributed by atoms with Gasteiger partial charge in [-0.2, -0.15) is 0 Å². The Balaban J connectivity index is 2.27. The third-order valence-electron chi connectivity index (χ3n) is 3.16.